The van der Waals surface area contributed by atoms with E-state index in [1.165, 1.54) is 5.56 Å². The Bertz CT molecular complexity index is 488. The molecule has 1 N–H and O–H groups in total. The van der Waals surface area contributed by atoms with Crippen molar-refractivity contribution in [1.82, 2.24) is 4.90 Å². The molecule has 23 heavy (non-hydrogen) atoms. The Morgan fingerprint density at radius 1 is 1.13 bits per heavy atom. The van der Waals surface area contributed by atoms with Gasteiger partial charge in [-0.05, 0) is 31.0 Å². The topological polar surface area (TPSA) is 67.9 Å². The van der Waals surface area contributed by atoms with Gasteiger partial charge >= 0.3 is 5.97 Å². The molecule has 6 heteroatoms. The molecule has 0 unspecified atom stereocenters. The standard InChI is InChI=1S/C17H26N2O4/c1-4-14-6-8-15(9-7-14)18-16(20)12-19(10-11-22-3)13-17(21)23-5-2/h6-9H,4-5,10-13H2,1-3H3,(H,18,20). The van der Waals surface area contributed by atoms with E-state index < -0.39 is 0 Å². The van der Waals surface area contributed by atoms with Crippen molar-refractivity contribution in [1.29, 1.82) is 0 Å². The average Bonchev–Trinajstić information content (AvgIpc) is 2.53. The third-order valence-electron chi connectivity index (χ3n) is 3.28. The molecule has 1 rings (SSSR count). The summed E-state index contributed by atoms with van der Waals surface area (Å²) in [5, 5.41) is 2.83. The van der Waals surface area contributed by atoms with E-state index in [9.17, 15) is 9.59 Å². The highest BCUT2D eigenvalue weighted by molar-refractivity contribution is 5.92. The predicted octanol–water partition coefficient (Wildman–Crippen LogP) is 1.70. The normalized spacial score (nSPS) is 10.6. The number of hydrogen-bond acceptors (Lipinski definition) is 5. The van der Waals surface area contributed by atoms with Crippen LogP contribution >= 0.6 is 0 Å². The van der Waals surface area contributed by atoms with Crippen LogP contribution in [-0.2, 0) is 25.5 Å². The van der Waals surface area contributed by atoms with Gasteiger partial charge in [-0.3, -0.25) is 14.5 Å². The first-order valence-corrected chi connectivity index (χ1v) is 7.84. The number of hydrogen-bond donors (Lipinski definition) is 1. The van der Waals surface area contributed by atoms with Crippen molar-refractivity contribution in [3.8, 4) is 0 Å². The van der Waals surface area contributed by atoms with Crippen molar-refractivity contribution in [2.75, 3.05) is 45.3 Å². The molecular weight excluding hydrogens is 296 g/mol. The second-order valence-electron chi connectivity index (χ2n) is 5.11. The predicted molar refractivity (Wildman–Crippen MR) is 89.4 cm³/mol. The van der Waals surface area contributed by atoms with Crippen molar-refractivity contribution in [2.24, 2.45) is 0 Å². The van der Waals surface area contributed by atoms with E-state index in [4.69, 9.17) is 9.47 Å². The molecule has 1 amide bonds. The molecule has 0 saturated carbocycles. The third-order valence-corrected chi connectivity index (χ3v) is 3.28. The number of ether oxygens (including phenoxy) is 2. The summed E-state index contributed by atoms with van der Waals surface area (Å²) in [7, 11) is 1.58. The Balaban J connectivity index is 2.54. The molecule has 0 aliphatic carbocycles. The molecular formula is C17H26N2O4. The van der Waals surface area contributed by atoms with Gasteiger partial charge < -0.3 is 14.8 Å². The van der Waals surface area contributed by atoms with E-state index in [1.807, 2.05) is 24.3 Å². The van der Waals surface area contributed by atoms with Crippen LogP contribution in [0.1, 0.15) is 19.4 Å². The van der Waals surface area contributed by atoms with E-state index >= 15 is 0 Å². The summed E-state index contributed by atoms with van der Waals surface area (Å²) in [6.45, 7) is 5.26. The first-order chi connectivity index (χ1) is 11.1. The van der Waals surface area contributed by atoms with Crippen molar-refractivity contribution in [2.45, 2.75) is 20.3 Å². The second-order valence-corrected chi connectivity index (χ2v) is 5.11. The van der Waals surface area contributed by atoms with Crippen molar-refractivity contribution in [3.05, 3.63) is 29.8 Å². The zero-order valence-electron chi connectivity index (χ0n) is 14.1. The number of anilines is 1. The van der Waals surface area contributed by atoms with E-state index in [0.717, 1.165) is 12.1 Å². The summed E-state index contributed by atoms with van der Waals surface area (Å²) in [5.74, 6) is -0.515. The Labute approximate surface area is 137 Å². The zero-order valence-corrected chi connectivity index (χ0v) is 14.1. The maximum Gasteiger partial charge on any atom is 0.320 e. The summed E-state index contributed by atoms with van der Waals surface area (Å²) in [4.78, 5) is 25.4. The van der Waals surface area contributed by atoms with Crippen molar-refractivity contribution in [3.63, 3.8) is 0 Å². The van der Waals surface area contributed by atoms with Crippen molar-refractivity contribution >= 4 is 17.6 Å². The van der Waals surface area contributed by atoms with Crippen LogP contribution in [0.15, 0.2) is 24.3 Å². The largest absolute Gasteiger partial charge is 0.465 e. The lowest BCUT2D eigenvalue weighted by molar-refractivity contribution is -0.144. The fraction of sp³-hybridized carbons (Fsp3) is 0.529. The number of carbonyl (C=O) groups is 2. The summed E-state index contributed by atoms with van der Waals surface area (Å²) in [6.07, 6.45) is 0.957. The van der Waals surface area contributed by atoms with Gasteiger partial charge in [0.1, 0.15) is 0 Å². The number of nitrogens with zero attached hydrogens (tertiary/aromatic N) is 1. The minimum absolute atomic E-state index is 0.0688. The van der Waals surface area contributed by atoms with Crippen LogP contribution in [0.5, 0.6) is 0 Å². The molecule has 0 radical (unpaired) electrons. The van der Waals surface area contributed by atoms with Crippen LogP contribution in [-0.4, -0.2) is 56.7 Å². The first kappa shape index (κ1) is 19.1. The molecule has 0 aliphatic rings. The summed E-state index contributed by atoms with van der Waals surface area (Å²) in [5.41, 5.74) is 1.96. The van der Waals surface area contributed by atoms with Crippen LogP contribution in [0, 0.1) is 0 Å². The van der Waals surface area contributed by atoms with E-state index in [-0.39, 0.29) is 25.0 Å². The molecule has 0 aromatic heterocycles. The number of nitrogens with one attached hydrogen (secondary N) is 1. The van der Waals surface area contributed by atoms with Gasteiger partial charge in [-0.2, -0.15) is 0 Å². The van der Waals surface area contributed by atoms with Gasteiger partial charge in [0.25, 0.3) is 0 Å². The molecule has 0 atom stereocenters. The number of amides is 1. The minimum atomic E-state index is -0.344. The van der Waals surface area contributed by atoms with E-state index in [1.54, 1.807) is 18.9 Å². The van der Waals surface area contributed by atoms with Crippen LogP contribution in [0.25, 0.3) is 0 Å². The maximum absolute atomic E-state index is 12.1. The van der Waals surface area contributed by atoms with E-state index in [0.29, 0.717) is 19.8 Å². The van der Waals surface area contributed by atoms with Crippen LogP contribution < -0.4 is 5.32 Å². The fourth-order valence-electron chi connectivity index (χ4n) is 2.05. The van der Waals surface area contributed by atoms with Gasteiger partial charge in [-0.1, -0.05) is 19.1 Å². The monoisotopic (exact) mass is 322 g/mol. The number of esters is 1. The van der Waals surface area contributed by atoms with Gasteiger partial charge in [0.05, 0.1) is 26.3 Å². The average molecular weight is 322 g/mol. The molecule has 128 valence electrons. The first-order valence-electron chi connectivity index (χ1n) is 7.84. The molecule has 0 saturated heterocycles. The number of rotatable bonds is 10. The molecule has 0 heterocycles. The fourth-order valence-corrected chi connectivity index (χ4v) is 2.05. The minimum Gasteiger partial charge on any atom is -0.465 e. The molecule has 0 bridgehead atoms. The van der Waals surface area contributed by atoms with Crippen LogP contribution in [0.2, 0.25) is 0 Å². The Hall–Kier alpha value is -1.92. The lowest BCUT2D eigenvalue weighted by Crippen LogP contribution is -2.39. The van der Waals surface area contributed by atoms with Gasteiger partial charge in [-0.15, -0.1) is 0 Å². The van der Waals surface area contributed by atoms with Crippen molar-refractivity contribution < 1.29 is 19.1 Å². The van der Waals surface area contributed by atoms with Crippen LogP contribution in [0.3, 0.4) is 0 Å². The number of methoxy groups -OCH3 is 1. The molecule has 1 aromatic rings. The number of carbonyl (C=O) groups excluding carboxylic acids is 2. The molecule has 0 fully saturated rings. The van der Waals surface area contributed by atoms with Gasteiger partial charge in [0, 0.05) is 19.3 Å². The number of benzene rings is 1. The number of aryl methyl sites for hydroxylation is 1. The molecule has 0 aliphatic heterocycles. The lowest BCUT2D eigenvalue weighted by atomic mass is 10.1. The van der Waals surface area contributed by atoms with E-state index in [2.05, 4.69) is 12.2 Å². The SMILES string of the molecule is CCOC(=O)CN(CCOC)CC(=O)Nc1ccc(CC)cc1. The summed E-state index contributed by atoms with van der Waals surface area (Å²) >= 11 is 0. The van der Waals surface area contributed by atoms with Gasteiger partial charge in [0.15, 0.2) is 0 Å². The molecule has 6 nitrogen and oxygen atoms in total. The highest BCUT2D eigenvalue weighted by atomic mass is 16.5. The molecule has 1 aromatic carbocycles. The Morgan fingerprint density at radius 2 is 1.83 bits per heavy atom. The maximum atomic E-state index is 12.1. The Morgan fingerprint density at radius 3 is 2.39 bits per heavy atom. The highest BCUT2D eigenvalue weighted by Crippen LogP contribution is 2.10. The summed E-state index contributed by atoms with van der Waals surface area (Å²) < 4.78 is 9.94. The van der Waals surface area contributed by atoms with Gasteiger partial charge in [-0.25, -0.2) is 0 Å². The molecule has 0 spiro atoms. The quantitative estimate of drug-likeness (QED) is 0.664. The second kappa shape index (κ2) is 10.7. The Kier molecular flexibility index (Phi) is 8.94. The summed E-state index contributed by atoms with van der Waals surface area (Å²) in [6, 6.07) is 7.72. The van der Waals surface area contributed by atoms with Gasteiger partial charge in [0.2, 0.25) is 5.91 Å². The lowest BCUT2D eigenvalue weighted by Gasteiger charge is -2.20. The smallest absolute Gasteiger partial charge is 0.320 e. The highest BCUT2D eigenvalue weighted by Gasteiger charge is 2.15. The van der Waals surface area contributed by atoms with Crippen LogP contribution in [0.4, 0.5) is 5.69 Å². The zero-order chi connectivity index (χ0) is 17.1. The third kappa shape index (κ3) is 7.76.